The molecule has 0 bridgehead atoms. The van der Waals surface area contributed by atoms with Crippen molar-refractivity contribution < 1.29 is 32.6 Å². The Balaban J connectivity index is 0.000000279. The molecule has 3 saturated heterocycles. The number of hydrogen-bond donors (Lipinski definition) is 1. The number of carbonyl (C=O) groups excluding carboxylic acids is 1. The van der Waals surface area contributed by atoms with E-state index in [9.17, 15) is 18.0 Å². The molecule has 0 spiro atoms. The topological polar surface area (TPSA) is 70.1 Å². The quantitative estimate of drug-likeness (QED) is 0.779. The number of amides is 1. The van der Waals surface area contributed by atoms with Crippen LogP contribution in [0.4, 0.5) is 13.2 Å². The van der Waals surface area contributed by atoms with Crippen molar-refractivity contribution in [2.24, 2.45) is 23.7 Å². The zero-order valence-electron chi connectivity index (χ0n) is 16.2. The number of halogens is 3. The lowest BCUT2D eigenvalue weighted by Gasteiger charge is -2.30. The number of carbonyl (C=O) groups is 2. The fourth-order valence-corrected chi connectivity index (χ4v) is 4.54. The monoisotopic (exact) mass is 406 g/mol. The normalized spacial score (nSPS) is 35.1. The van der Waals surface area contributed by atoms with Crippen LogP contribution in [0.1, 0.15) is 32.6 Å². The average molecular weight is 406 g/mol. The number of carboxylic acid groups (broad SMARTS) is 1. The fourth-order valence-electron chi connectivity index (χ4n) is 4.54. The van der Waals surface area contributed by atoms with Crippen molar-refractivity contribution in [2.75, 3.05) is 39.3 Å². The number of likely N-dealkylation sites (tertiary alicyclic amines) is 2. The summed E-state index contributed by atoms with van der Waals surface area (Å²) >= 11 is 0. The Kier molecular flexibility index (Phi) is 6.54. The minimum Gasteiger partial charge on any atom is -0.475 e. The maximum absolute atomic E-state index is 12.4. The first-order valence-electron chi connectivity index (χ1n) is 10.1. The highest BCUT2D eigenvalue weighted by Crippen LogP contribution is 2.42. The first-order valence-corrected chi connectivity index (χ1v) is 10.1. The van der Waals surface area contributed by atoms with E-state index in [2.05, 4.69) is 16.7 Å². The molecule has 0 aromatic carbocycles. The van der Waals surface area contributed by atoms with Crippen molar-refractivity contribution >= 4 is 11.9 Å². The maximum atomic E-state index is 12.4. The van der Waals surface area contributed by atoms with E-state index in [0.717, 1.165) is 26.1 Å². The number of alkyl halides is 3. The fraction of sp³-hybridized carbons (Fsp3) is 0.895. The van der Waals surface area contributed by atoms with E-state index in [0.29, 0.717) is 35.7 Å². The largest absolute Gasteiger partial charge is 0.490 e. The number of piperidine rings is 1. The van der Waals surface area contributed by atoms with Gasteiger partial charge >= 0.3 is 12.1 Å². The summed E-state index contributed by atoms with van der Waals surface area (Å²) in [5.41, 5.74) is 0. The van der Waals surface area contributed by atoms with Crippen LogP contribution in [0, 0.1) is 23.7 Å². The second kappa shape index (κ2) is 8.57. The summed E-state index contributed by atoms with van der Waals surface area (Å²) in [5, 5.41) is 7.12. The molecule has 3 aliphatic heterocycles. The number of rotatable bonds is 3. The minimum atomic E-state index is -5.08. The van der Waals surface area contributed by atoms with Crippen LogP contribution >= 0.6 is 0 Å². The molecule has 1 saturated carbocycles. The average Bonchev–Trinajstić information content (AvgIpc) is 3.05. The predicted molar refractivity (Wildman–Crippen MR) is 94.6 cm³/mol. The van der Waals surface area contributed by atoms with Gasteiger partial charge in [-0.05, 0) is 38.3 Å². The van der Waals surface area contributed by atoms with Crippen molar-refractivity contribution in [3.05, 3.63) is 0 Å². The van der Waals surface area contributed by atoms with Gasteiger partial charge in [-0.2, -0.15) is 13.2 Å². The maximum Gasteiger partial charge on any atom is 0.490 e. The highest BCUT2D eigenvalue weighted by atomic mass is 19.4. The summed E-state index contributed by atoms with van der Waals surface area (Å²) in [5.74, 6) is -0.190. The van der Waals surface area contributed by atoms with Crippen molar-refractivity contribution in [2.45, 2.75) is 44.9 Å². The molecule has 0 radical (unpaired) electrons. The molecule has 0 aromatic rings. The molecular weight excluding hydrogens is 377 g/mol. The standard InChI is InChI=1S/C17H28N2O2.C2HF3O2/c1-12-7-14(12)17(20)19-9-15-13(11-21-16(15)10-19)8-18-5-3-2-4-6-18;3-2(4,5)1(6)7/h12-16H,2-11H2,1H3;(H,6,7)/t12?,13-,14?,15-,16-;/m1./s1. The summed E-state index contributed by atoms with van der Waals surface area (Å²) in [6, 6.07) is 0. The second-order valence-electron chi connectivity index (χ2n) is 8.52. The lowest BCUT2D eigenvalue weighted by Crippen LogP contribution is -2.38. The van der Waals surface area contributed by atoms with Gasteiger partial charge in [-0.3, -0.25) is 4.79 Å². The summed E-state index contributed by atoms with van der Waals surface area (Å²) in [6.07, 6.45) is 0.434. The molecule has 3 heterocycles. The molecule has 1 N–H and O–H groups in total. The van der Waals surface area contributed by atoms with Crippen LogP contribution in [0.3, 0.4) is 0 Å². The van der Waals surface area contributed by atoms with Gasteiger partial charge in [0.25, 0.3) is 0 Å². The minimum absolute atomic E-state index is 0.317. The van der Waals surface area contributed by atoms with Crippen LogP contribution in [-0.4, -0.2) is 78.4 Å². The predicted octanol–water partition coefficient (Wildman–Crippen LogP) is 2.23. The number of ether oxygens (including phenoxy) is 1. The molecule has 1 aliphatic carbocycles. The van der Waals surface area contributed by atoms with Gasteiger partial charge in [0.1, 0.15) is 0 Å². The highest BCUT2D eigenvalue weighted by molar-refractivity contribution is 5.82. The van der Waals surface area contributed by atoms with Gasteiger partial charge < -0.3 is 19.6 Å². The molecule has 4 fully saturated rings. The number of fused-ring (bicyclic) bond motifs is 1. The van der Waals surface area contributed by atoms with E-state index in [1.54, 1.807) is 0 Å². The Bertz CT molecular complexity index is 580. The zero-order valence-corrected chi connectivity index (χ0v) is 16.2. The van der Waals surface area contributed by atoms with Crippen LogP contribution in [0.2, 0.25) is 0 Å². The van der Waals surface area contributed by atoms with E-state index in [4.69, 9.17) is 14.6 Å². The molecule has 2 unspecified atom stereocenters. The number of aliphatic carboxylic acids is 1. The van der Waals surface area contributed by atoms with Gasteiger partial charge in [0.2, 0.25) is 5.91 Å². The van der Waals surface area contributed by atoms with Crippen molar-refractivity contribution in [3.63, 3.8) is 0 Å². The molecule has 0 aromatic heterocycles. The van der Waals surface area contributed by atoms with Gasteiger partial charge in [0.05, 0.1) is 12.7 Å². The molecule has 5 atom stereocenters. The molecule has 6 nitrogen and oxygen atoms in total. The number of carboxylic acids is 1. The number of nitrogens with zero attached hydrogens (tertiary/aromatic N) is 2. The summed E-state index contributed by atoms with van der Waals surface area (Å²) in [7, 11) is 0. The lowest BCUT2D eigenvalue weighted by molar-refractivity contribution is -0.192. The molecule has 9 heteroatoms. The Morgan fingerprint density at radius 1 is 1.14 bits per heavy atom. The Morgan fingerprint density at radius 2 is 1.75 bits per heavy atom. The van der Waals surface area contributed by atoms with Gasteiger partial charge in [-0.25, -0.2) is 4.79 Å². The highest BCUT2D eigenvalue weighted by Gasteiger charge is 2.49. The third kappa shape index (κ3) is 5.17. The summed E-state index contributed by atoms with van der Waals surface area (Å²) < 4.78 is 37.8. The zero-order chi connectivity index (χ0) is 20.5. The Hall–Kier alpha value is -1.35. The van der Waals surface area contributed by atoms with Gasteiger partial charge in [0.15, 0.2) is 0 Å². The first kappa shape index (κ1) is 21.4. The smallest absolute Gasteiger partial charge is 0.475 e. The van der Waals surface area contributed by atoms with Crippen molar-refractivity contribution in [1.82, 2.24) is 9.80 Å². The molecule has 160 valence electrons. The van der Waals surface area contributed by atoms with E-state index < -0.39 is 12.1 Å². The second-order valence-corrected chi connectivity index (χ2v) is 8.52. The lowest BCUT2D eigenvalue weighted by atomic mass is 9.92. The van der Waals surface area contributed by atoms with E-state index in [1.807, 2.05) is 0 Å². The molecule has 4 aliphatic rings. The summed E-state index contributed by atoms with van der Waals surface area (Å²) in [6.45, 7) is 8.60. The molecule has 1 amide bonds. The van der Waals surface area contributed by atoms with Crippen molar-refractivity contribution in [1.29, 1.82) is 0 Å². The first-order chi connectivity index (χ1) is 13.2. The van der Waals surface area contributed by atoms with Crippen LogP contribution in [0.15, 0.2) is 0 Å². The molecule has 4 rings (SSSR count). The third-order valence-electron chi connectivity index (χ3n) is 6.36. The SMILES string of the molecule is CC1CC1C(=O)N1C[C@@H]2[C@H](CN3CCCCC3)CO[C@@H]2C1.O=C(O)C(F)(F)F. The number of hydrogen-bond acceptors (Lipinski definition) is 4. The third-order valence-corrected chi connectivity index (χ3v) is 6.36. The van der Waals surface area contributed by atoms with Crippen molar-refractivity contribution in [3.8, 4) is 0 Å². The molecular formula is C19H29F3N2O4. The van der Waals surface area contributed by atoms with Gasteiger partial charge in [0, 0.05) is 37.4 Å². The van der Waals surface area contributed by atoms with E-state index in [1.165, 1.54) is 38.9 Å². The van der Waals surface area contributed by atoms with E-state index >= 15 is 0 Å². The molecule has 28 heavy (non-hydrogen) atoms. The van der Waals surface area contributed by atoms with Crippen LogP contribution in [-0.2, 0) is 14.3 Å². The van der Waals surface area contributed by atoms with Crippen LogP contribution < -0.4 is 0 Å². The van der Waals surface area contributed by atoms with Gasteiger partial charge in [-0.15, -0.1) is 0 Å². The van der Waals surface area contributed by atoms with Crippen LogP contribution in [0.25, 0.3) is 0 Å². The summed E-state index contributed by atoms with van der Waals surface area (Å²) in [4.78, 5) is 26.0. The Labute approximate surface area is 163 Å². The van der Waals surface area contributed by atoms with Crippen LogP contribution in [0.5, 0.6) is 0 Å². The van der Waals surface area contributed by atoms with E-state index in [-0.39, 0.29) is 0 Å². The Morgan fingerprint density at radius 3 is 2.29 bits per heavy atom. The van der Waals surface area contributed by atoms with Gasteiger partial charge in [-0.1, -0.05) is 13.3 Å².